The second kappa shape index (κ2) is 61.1. The number of carbonyl (C=O) groups excluding carboxylic acids is 2. The van der Waals surface area contributed by atoms with Gasteiger partial charge in [-0.2, -0.15) is 0 Å². The number of unbranched alkanes of at least 4 members (excludes halogenated alkanes) is 34. The van der Waals surface area contributed by atoms with Gasteiger partial charge in [-0.1, -0.05) is 311 Å². The highest BCUT2D eigenvalue weighted by Gasteiger charge is 2.47. The van der Waals surface area contributed by atoms with E-state index < -0.39 is 67.4 Å². The average Bonchev–Trinajstić information content (AvgIpc) is 3.17. The van der Waals surface area contributed by atoms with Gasteiger partial charge in [-0.3, -0.25) is 9.59 Å². The fourth-order valence-electron chi connectivity index (χ4n) is 10.8. The Balaban J connectivity index is 2.62. The number of ether oxygens (including phenoxy) is 3. The summed E-state index contributed by atoms with van der Waals surface area (Å²) in [6.07, 6.45) is 70.4. The first-order valence-corrected chi connectivity index (χ1v) is 35.4. The number of hydrogen-bond acceptors (Lipinski definition) is 10. The molecule has 0 bridgehead atoms. The van der Waals surface area contributed by atoms with Crippen LogP contribution in [0.4, 0.5) is 0 Å². The summed E-state index contributed by atoms with van der Waals surface area (Å²) in [5.74, 6) is -1.20. The highest BCUT2D eigenvalue weighted by Crippen LogP contribution is 2.26. The molecule has 1 aliphatic rings. The van der Waals surface area contributed by atoms with Crippen LogP contribution in [0, 0.1) is 0 Å². The lowest BCUT2D eigenvalue weighted by atomic mass is 9.99. The number of esters is 1. The van der Waals surface area contributed by atoms with Crippen molar-refractivity contribution in [3.63, 3.8) is 0 Å². The summed E-state index contributed by atoms with van der Waals surface area (Å²) in [6.45, 7) is 5.70. The number of rotatable bonds is 60. The number of carbonyl (C=O) groups is 2. The van der Waals surface area contributed by atoms with E-state index in [9.17, 15) is 35.1 Å². The second-order valence-electron chi connectivity index (χ2n) is 24.2. The number of aliphatic hydroxyl groups excluding tert-OH is 5. The van der Waals surface area contributed by atoms with Crippen molar-refractivity contribution in [1.29, 1.82) is 0 Å². The van der Waals surface area contributed by atoms with Gasteiger partial charge in [0.1, 0.15) is 24.4 Å². The molecule has 0 saturated carbocycles. The third-order valence-electron chi connectivity index (χ3n) is 16.3. The van der Waals surface area contributed by atoms with Gasteiger partial charge in [0.05, 0.1) is 25.4 Å². The normalized spacial score (nSPS) is 18.9. The minimum Gasteiger partial charge on any atom is -0.454 e. The van der Waals surface area contributed by atoms with Crippen LogP contribution in [0.25, 0.3) is 0 Å². The van der Waals surface area contributed by atoms with E-state index in [0.29, 0.717) is 12.8 Å². The van der Waals surface area contributed by atoms with Gasteiger partial charge in [-0.15, -0.1) is 0 Å². The predicted octanol–water partition coefficient (Wildman–Crippen LogP) is 18.1. The molecule has 1 saturated heterocycles. The Labute approximate surface area is 521 Å². The van der Waals surface area contributed by atoms with Crippen LogP contribution in [0.2, 0.25) is 0 Å². The summed E-state index contributed by atoms with van der Waals surface area (Å²) in [6, 6.07) is -1.04. The van der Waals surface area contributed by atoms with E-state index in [1.165, 1.54) is 154 Å². The van der Waals surface area contributed by atoms with Gasteiger partial charge >= 0.3 is 5.97 Å². The molecule has 0 aromatic heterocycles. The third-order valence-corrected chi connectivity index (χ3v) is 16.3. The minimum absolute atomic E-state index is 0.123. The molecule has 1 aliphatic heterocycles. The first-order valence-electron chi connectivity index (χ1n) is 35.4. The molecule has 492 valence electrons. The molecule has 11 nitrogen and oxygen atoms in total. The first kappa shape index (κ1) is 79.9. The Morgan fingerprint density at radius 3 is 1.27 bits per heavy atom. The number of nitrogens with one attached hydrogen (secondary N) is 1. The second-order valence-corrected chi connectivity index (χ2v) is 24.2. The van der Waals surface area contributed by atoms with Crippen LogP contribution >= 0.6 is 0 Å². The average molecular weight is 1190 g/mol. The van der Waals surface area contributed by atoms with Crippen molar-refractivity contribution < 1.29 is 49.3 Å². The monoisotopic (exact) mass is 1190 g/mol. The van der Waals surface area contributed by atoms with Gasteiger partial charge in [0.25, 0.3) is 0 Å². The van der Waals surface area contributed by atoms with Crippen LogP contribution in [-0.4, -0.2) is 99.6 Å². The summed E-state index contributed by atoms with van der Waals surface area (Å²) in [5.41, 5.74) is 0. The summed E-state index contributed by atoms with van der Waals surface area (Å²) >= 11 is 0. The number of amides is 1. The summed E-state index contributed by atoms with van der Waals surface area (Å²) in [7, 11) is 0. The Morgan fingerprint density at radius 2 is 0.847 bits per heavy atom. The predicted molar refractivity (Wildman–Crippen MR) is 356 cm³/mol. The van der Waals surface area contributed by atoms with Crippen molar-refractivity contribution in [2.45, 2.75) is 359 Å². The lowest BCUT2D eigenvalue weighted by Gasteiger charge is -2.41. The Hall–Kier alpha value is -3.16. The quantitative estimate of drug-likeness (QED) is 0.0195. The van der Waals surface area contributed by atoms with Crippen molar-refractivity contribution in [3.05, 3.63) is 85.1 Å². The summed E-state index contributed by atoms with van der Waals surface area (Å²) in [4.78, 5) is 26.7. The Kier molecular flexibility index (Phi) is 57.4. The molecule has 8 atom stereocenters. The maximum absolute atomic E-state index is 13.5. The van der Waals surface area contributed by atoms with Gasteiger partial charge in [0.2, 0.25) is 5.91 Å². The zero-order valence-corrected chi connectivity index (χ0v) is 54.7. The van der Waals surface area contributed by atoms with E-state index in [1.54, 1.807) is 6.08 Å². The van der Waals surface area contributed by atoms with Crippen molar-refractivity contribution >= 4 is 11.9 Å². The molecular formula is C74H131NO10. The van der Waals surface area contributed by atoms with Crippen molar-refractivity contribution in [1.82, 2.24) is 5.32 Å². The van der Waals surface area contributed by atoms with Gasteiger partial charge in [-0.25, -0.2) is 0 Å². The molecule has 0 aliphatic carbocycles. The summed E-state index contributed by atoms with van der Waals surface area (Å²) < 4.78 is 17.7. The molecule has 0 spiro atoms. The van der Waals surface area contributed by atoms with Crippen LogP contribution in [0.1, 0.15) is 310 Å². The maximum atomic E-state index is 13.5. The van der Waals surface area contributed by atoms with Crippen molar-refractivity contribution in [3.8, 4) is 0 Å². The molecule has 1 amide bonds. The van der Waals surface area contributed by atoms with E-state index in [1.807, 2.05) is 6.08 Å². The molecule has 1 rings (SSSR count). The first-order chi connectivity index (χ1) is 41.7. The number of hydrogen-bond donors (Lipinski definition) is 6. The molecule has 0 radical (unpaired) electrons. The molecular weight excluding hydrogens is 1060 g/mol. The molecule has 6 N–H and O–H groups in total. The number of aliphatic hydroxyl groups is 5. The zero-order chi connectivity index (χ0) is 61.7. The van der Waals surface area contributed by atoms with Gasteiger partial charge < -0.3 is 45.1 Å². The fourth-order valence-corrected chi connectivity index (χ4v) is 10.8. The zero-order valence-electron chi connectivity index (χ0n) is 54.7. The molecule has 8 unspecified atom stereocenters. The Morgan fingerprint density at radius 1 is 0.471 bits per heavy atom. The van der Waals surface area contributed by atoms with E-state index >= 15 is 0 Å². The number of allylic oxidation sites excluding steroid dienone is 13. The van der Waals surface area contributed by atoms with Crippen LogP contribution in [0.15, 0.2) is 85.1 Å². The van der Waals surface area contributed by atoms with Gasteiger partial charge in [0, 0.05) is 6.42 Å². The molecule has 0 aromatic rings. The van der Waals surface area contributed by atoms with Crippen LogP contribution < -0.4 is 5.32 Å². The largest absolute Gasteiger partial charge is 0.454 e. The lowest BCUT2D eigenvalue weighted by molar-refractivity contribution is -0.305. The highest BCUT2D eigenvalue weighted by molar-refractivity contribution is 5.80. The topological polar surface area (TPSA) is 175 Å². The van der Waals surface area contributed by atoms with Gasteiger partial charge in [-0.05, 0) is 77.0 Å². The SMILES string of the molecule is CC/C=C\C/C=C\C/C=C\C/C=C\C/C=C\C/C=C\CCCCCCCC(O)C(=O)NC(COC1OC(CO)C(O)C(O)C1OC(=O)CCCCCCCCCCCCCCCCCCCCC)C(O)/C=C/CCCCCCCCCCCCC. The van der Waals surface area contributed by atoms with E-state index in [-0.39, 0.29) is 19.4 Å². The van der Waals surface area contributed by atoms with Crippen molar-refractivity contribution in [2.24, 2.45) is 0 Å². The van der Waals surface area contributed by atoms with Crippen molar-refractivity contribution in [2.75, 3.05) is 13.2 Å². The molecule has 1 fully saturated rings. The minimum atomic E-state index is -1.62. The van der Waals surface area contributed by atoms with E-state index in [4.69, 9.17) is 14.2 Å². The smallest absolute Gasteiger partial charge is 0.306 e. The molecule has 85 heavy (non-hydrogen) atoms. The summed E-state index contributed by atoms with van der Waals surface area (Å²) in [5, 5.41) is 57.2. The lowest BCUT2D eigenvalue weighted by Crippen LogP contribution is -2.61. The highest BCUT2D eigenvalue weighted by atomic mass is 16.7. The Bertz CT molecular complexity index is 1710. The van der Waals surface area contributed by atoms with Gasteiger partial charge in [0.15, 0.2) is 12.4 Å². The van der Waals surface area contributed by atoms with Crippen LogP contribution in [0.3, 0.4) is 0 Å². The van der Waals surface area contributed by atoms with E-state index in [0.717, 1.165) is 109 Å². The van der Waals surface area contributed by atoms with E-state index in [2.05, 4.69) is 99.0 Å². The molecule has 1 heterocycles. The standard InChI is InChI=1S/C74H131NO10/c1-4-7-10-13-16-19-22-25-27-29-31-32-33-34-35-37-38-40-43-46-49-52-55-58-61-67(78)73(82)75-65(66(77)60-57-54-51-48-45-42-24-21-18-15-12-9-6-3)64-83-74-72(71(81)70(80)68(63-76)84-74)85-69(79)62-59-56-53-50-47-44-41-39-36-30-28-26-23-20-17-14-11-8-5-2/h7,10,16,19,25,27,31-32,34-35,38,40,57,60,65-68,70-72,74,76-78,80-81H,4-6,8-9,11-15,17-18,20-24,26,28-30,33,36-37,39,41-56,58-59,61-64H2,1-3H3,(H,75,82)/b10-7-,19-16-,27-25-,32-31-,35-34-,40-38-,60-57+. The fraction of sp³-hybridized carbons (Fsp3) is 0.784. The third kappa shape index (κ3) is 48.4. The maximum Gasteiger partial charge on any atom is 0.306 e. The van der Waals surface area contributed by atoms with Crippen LogP contribution in [0.5, 0.6) is 0 Å². The van der Waals surface area contributed by atoms with Crippen LogP contribution in [-0.2, 0) is 23.8 Å². The molecule has 0 aromatic carbocycles. The molecule has 11 heteroatoms.